The minimum atomic E-state index is -4.64. The van der Waals surface area contributed by atoms with E-state index in [-0.39, 0.29) is 5.75 Å². The third-order valence-electron chi connectivity index (χ3n) is 6.46. The second-order valence-electron chi connectivity index (χ2n) is 9.74. The summed E-state index contributed by atoms with van der Waals surface area (Å²) in [6.45, 7) is 5.83. The quantitative estimate of drug-likeness (QED) is 0.372. The minimum Gasteiger partial charge on any atom is -0.406 e. The number of benzene rings is 2. The highest BCUT2D eigenvalue weighted by atomic mass is 19.4. The Morgan fingerprint density at radius 3 is 2.33 bits per heavy atom. The molecule has 0 atom stereocenters. The van der Waals surface area contributed by atoms with Crippen LogP contribution in [0.1, 0.15) is 44.0 Å². The van der Waals surface area contributed by atoms with Gasteiger partial charge in [-0.1, -0.05) is 50.1 Å². The largest absolute Gasteiger partial charge is 0.573 e. The summed E-state index contributed by atoms with van der Waals surface area (Å²) < 4.78 is 41.1. The van der Waals surface area contributed by atoms with Gasteiger partial charge in [-0.15, -0.1) is 13.2 Å². The summed E-state index contributed by atoms with van der Waals surface area (Å²) in [4.78, 5) is 10.8. The number of aryl methyl sites for hydroxylation is 1. The highest BCUT2D eigenvalue weighted by Gasteiger charge is 2.31. The molecule has 1 N–H and O–H groups in total. The summed E-state index contributed by atoms with van der Waals surface area (Å²) in [6, 6.07) is 14.4. The van der Waals surface area contributed by atoms with Gasteiger partial charge in [0.1, 0.15) is 17.4 Å². The van der Waals surface area contributed by atoms with Crippen molar-refractivity contribution in [2.75, 3.05) is 32.1 Å². The summed E-state index contributed by atoms with van der Waals surface area (Å²) in [5.74, 6) is 3.24. The highest BCUT2D eigenvalue weighted by molar-refractivity contribution is 5.89. The number of anilines is 1. The fraction of sp³-hybridized carbons (Fsp3) is 0.500. The Morgan fingerprint density at radius 2 is 1.64 bits per heavy atom. The number of nitrogens with zero attached hydrogens (tertiary/aromatic N) is 3. The average molecular weight is 503 g/mol. The molecule has 2 aromatic carbocycles. The number of ether oxygens (including phenoxy) is 1. The van der Waals surface area contributed by atoms with Gasteiger partial charge in [-0.2, -0.15) is 0 Å². The number of para-hydroxylation sites is 2. The first-order chi connectivity index (χ1) is 17.1. The van der Waals surface area contributed by atoms with Crippen LogP contribution >= 0.6 is 0 Å². The van der Waals surface area contributed by atoms with Crippen LogP contribution in [-0.2, 0) is 6.42 Å². The van der Waals surface area contributed by atoms with Crippen LogP contribution in [0.15, 0.2) is 48.5 Å². The second kappa shape index (κ2) is 12.9. The first-order valence-corrected chi connectivity index (χ1v) is 12.6. The van der Waals surface area contributed by atoms with Crippen molar-refractivity contribution in [3.63, 3.8) is 0 Å². The topological polar surface area (TPSA) is 50.3 Å². The van der Waals surface area contributed by atoms with Crippen LogP contribution < -0.4 is 15.0 Å². The lowest BCUT2D eigenvalue weighted by molar-refractivity contribution is -0.274. The molecule has 196 valence electrons. The van der Waals surface area contributed by atoms with E-state index >= 15 is 0 Å². The summed E-state index contributed by atoms with van der Waals surface area (Å²) in [5, 5.41) is 4.47. The Bertz CT molecular complexity index is 1100. The lowest BCUT2D eigenvalue weighted by atomic mass is 9.83. The number of hydrogen-bond acceptors (Lipinski definition) is 5. The number of alkyl halides is 3. The molecule has 1 heterocycles. The number of rotatable bonds is 7. The predicted molar refractivity (Wildman–Crippen MR) is 139 cm³/mol. The first kappa shape index (κ1) is 27.7. The van der Waals surface area contributed by atoms with E-state index in [2.05, 4.69) is 26.9 Å². The van der Waals surface area contributed by atoms with Crippen LogP contribution in [0.2, 0.25) is 0 Å². The van der Waals surface area contributed by atoms with E-state index in [1.54, 1.807) is 18.2 Å². The Hall–Kier alpha value is -2.87. The summed E-state index contributed by atoms with van der Waals surface area (Å²) in [7, 11) is 3.99. The van der Waals surface area contributed by atoms with Gasteiger partial charge < -0.3 is 15.0 Å². The zero-order chi connectivity index (χ0) is 26.1. The summed E-state index contributed by atoms with van der Waals surface area (Å²) in [6.07, 6.45) is 0.977. The van der Waals surface area contributed by atoms with Gasteiger partial charge in [0.05, 0.1) is 5.52 Å². The molecule has 5 nitrogen and oxygen atoms in total. The second-order valence-corrected chi connectivity index (χ2v) is 9.74. The molecular formula is C28H37F3N4O. The molecule has 0 saturated heterocycles. The average Bonchev–Trinajstić information content (AvgIpc) is 2.83. The van der Waals surface area contributed by atoms with Crippen molar-refractivity contribution < 1.29 is 17.9 Å². The Balaban J connectivity index is 0.000000221. The van der Waals surface area contributed by atoms with E-state index in [0.717, 1.165) is 35.0 Å². The van der Waals surface area contributed by atoms with Gasteiger partial charge in [-0.25, -0.2) is 9.97 Å². The molecule has 1 aromatic heterocycles. The third-order valence-corrected chi connectivity index (χ3v) is 6.46. The molecule has 0 bridgehead atoms. The monoisotopic (exact) mass is 502 g/mol. The molecule has 36 heavy (non-hydrogen) atoms. The zero-order valence-corrected chi connectivity index (χ0v) is 21.6. The number of aromatic nitrogens is 2. The molecule has 1 aliphatic carbocycles. The Labute approximate surface area is 212 Å². The maximum absolute atomic E-state index is 12.3. The van der Waals surface area contributed by atoms with E-state index in [4.69, 9.17) is 0 Å². The van der Waals surface area contributed by atoms with Crippen molar-refractivity contribution >= 4 is 16.7 Å². The molecule has 3 aromatic rings. The fourth-order valence-corrected chi connectivity index (χ4v) is 4.51. The van der Waals surface area contributed by atoms with Crippen LogP contribution in [0.4, 0.5) is 19.0 Å². The fourth-order valence-electron chi connectivity index (χ4n) is 4.51. The molecule has 0 radical (unpaired) electrons. The standard InChI is InChI=1S/C17H24F3NO.C11H13N3/c1-13-6-8-14(9-7-13)12-21-11-10-15-4-2-3-5-16(15)22-17(18,19)20;1-8-12-10-7-5-4-6-9(10)11(13-8)14(2)3/h2-5,13-14,21H,6-12H2,1H3;4-7H,1-3H3. The van der Waals surface area contributed by atoms with Crippen molar-refractivity contribution in [2.24, 2.45) is 11.8 Å². The molecule has 0 spiro atoms. The van der Waals surface area contributed by atoms with Gasteiger partial charge in [-0.3, -0.25) is 0 Å². The molecule has 1 saturated carbocycles. The van der Waals surface area contributed by atoms with E-state index < -0.39 is 6.36 Å². The van der Waals surface area contributed by atoms with Crippen LogP contribution in [0.3, 0.4) is 0 Å². The van der Waals surface area contributed by atoms with Crippen LogP contribution in [-0.4, -0.2) is 43.5 Å². The van der Waals surface area contributed by atoms with Crippen LogP contribution in [0.25, 0.3) is 10.9 Å². The molecule has 0 amide bonds. The highest BCUT2D eigenvalue weighted by Crippen LogP contribution is 2.28. The summed E-state index contributed by atoms with van der Waals surface area (Å²) in [5.41, 5.74) is 1.59. The van der Waals surface area contributed by atoms with Gasteiger partial charge in [0.2, 0.25) is 0 Å². The lowest BCUT2D eigenvalue weighted by Gasteiger charge is -2.26. The van der Waals surface area contributed by atoms with E-state index in [1.807, 2.05) is 50.2 Å². The number of nitrogens with one attached hydrogen (secondary N) is 1. The SMILES string of the molecule is CC1CCC(CNCCc2ccccc2OC(F)(F)F)CC1.Cc1nc(N(C)C)c2ccccc2n1. The first-order valence-electron chi connectivity index (χ1n) is 12.6. The zero-order valence-electron chi connectivity index (χ0n) is 21.6. The van der Waals surface area contributed by atoms with Gasteiger partial charge >= 0.3 is 6.36 Å². The third kappa shape index (κ3) is 8.66. The van der Waals surface area contributed by atoms with Gasteiger partial charge in [-0.05, 0) is 74.9 Å². The van der Waals surface area contributed by atoms with E-state index in [0.29, 0.717) is 24.4 Å². The maximum atomic E-state index is 12.3. The Kier molecular flexibility index (Phi) is 9.93. The van der Waals surface area contributed by atoms with E-state index in [1.165, 1.54) is 31.7 Å². The number of hydrogen-bond donors (Lipinski definition) is 1. The van der Waals surface area contributed by atoms with Crippen LogP contribution in [0, 0.1) is 18.8 Å². The molecule has 8 heteroatoms. The van der Waals surface area contributed by atoms with Gasteiger partial charge in [0.15, 0.2) is 0 Å². The molecule has 1 aliphatic rings. The number of halogens is 3. The Morgan fingerprint density at radius 1 is 0.972 bits per heavy atom. The van der Waals surface area contributed by atoms with Gasteiger partial charge in [0, 0.05) is 19.5 Å². The molecular weight excluding hydrogens is 465 g/mol. The van der Waals surface area contributed by atoms with Crippen molar-refractivity contribution in [3.8, 4) is 5.75 Å². The smallest absolute Gasteiger partial charge is 0.406 e. The molecule has 0 unspecified atom stereocenters. The summed E-state index contributed by atoms with van der Waals surface area (Å²) >= 11 is 0. The van der Waals surface area contributed by atoms with E-state index in [9.17, 15) is 13.2 Å². The molecule has 1 fully saturated rings. The van der Waals surface area contributed by atoms with Crippen molar-refractivity contribution in [3.05, 3.63) is 59.9 Å². The van der Waals surface area contributed by atoms with Crippen LogP contribution in [0.5, 0.6) is 5.75 Å². The maximum Gasteiger partial charge on any atom is 0.573 e. The molecule has 0 aliphatic heterocycles. The van der Waals surface area contributed by atoms with Gasteiger partial charge in [0.25, 0.3) is 0 Å². The minimum absolute atomic E-state index is 0.0942. The predicted octanol–water partition coefficient (Wildman–Crippen LogP) is 6.55. The normalized spacial score (nSPS) is 17.9. The number of fused-ring (bicyclic) bond motifs is 1. The lowest BCUT2D eigenvalue weighted by Crippen LogP contribution is -2.27. The van der Waals surface area contributed by atoms with Crippen molar-refractivity contribution in [1.29, 1.82) is 0 Å². The van der Waals surface area contributed by atoms with Crippen molar-refractivity contribution in [1.82, 2.24) is 15.3 Å². The molecule has 4 rings (SSSR count). The van der Waals surface area contributed by atoms with Crippen molar-refractivity contribution in [2.45, 2.75) is 52.3 Å².